The van der Waals surface area contributed by atoms with E-state index in [2.05, 4.69) is 0 Å². The Morgan fingerprint density at radius 2 is 2.11 bits per heavy atom. The molecule has 1 saturated heterocycles. The van der Waals surface area contributed by atoms with Gasteiger partial charge < -0.3 is 11.5 Å². The lowest BCUT2D eigenvalue weighted by Gasteiger charge is -2.25. The van der Waals surface area contributed by atoms with Crippen LogP contribution in [0.25, 0.3) is 0 Å². The molecule has 1 unspecified atom stereocenters. The molecule has 1 amide bonds. The Morgan fingerprint density at radius 3 is 2.56 bits per heavy atom. The van der Waals surface area contributed by atoms with Crippen molar-refractivity contribution in [3.05, 3.63) is 0 Å². The number of nitrogens with zero attached hydrogens (tertiary/aromatic N) is 2. The first-order valence-corrected chi connectivity index (χ1v) is 7.35. The van der Waals surface area contributed by atoms with E-state index in [0.717, 1.165) is 0 Å². The molecular weight excluding hydrogens is 256 g/mol. The lowest BCUT2D eigenvalue weighted by molar-refractivity contribution is -0.126. The molecule has 0 saturated carbocycles. The predicted molar refractivity (Wildman–Crippen MR) is 68.7 cm³/mol. The molecule has 0 aromatic rings. The van der Waals surface area contributed by atoms with Crippen LogP contribution in [0.4, 0.5) is 0 Å². The van der Waals surface area contributed by atoms with Gasteiger partial charge in [0.05, 0.1) is 5.41 Å². The standard InChI is InChI=1S/C10H22N4O3S/c1-10(9(12)15)4-7-14(8-10)18(16,17)13(2)6-3-5-11/h3-8,11H2,1-2H3,(H2,12,15). The van der Waals surface area contributed by atoms with Crippen LogP contribution in [0.3, 0.4) is 0 Å². The van der Waals surface area contributed by atoms with Crippen LogP contribution in [-0.2, 0) is 15.0 Å². The van der Waals surface area contributed by atoms with Crippen molar-refractivity contribution in [3.63, 3.8) is 0 Å². The fourth-order valence-corrected chi connectivity index (χ4v) is 3.47. The fourth-order valence-electron chi connectivity index (χ4n) is 1.94. The van der Waals surface area contributed by atoms with E-state index in [0.29, 0.717) is 32.5 Å². The minimum atomic E-state index is -3.51. The Kier molecular flexibility index (Phi) is 4.71. The van der Waals surface area contributed by atoms with Crippen molar-refractivity contribution in [2.24, 2.45) is 16.9 Å². The normalized spacial score (nSPS) is 25.8. The van der Waals surface area contributed by atoms with E-state index in [9.17, 15) is 13.2 Å². The van der Waals surface area contributed by atoms with Crippen LogP contribution in [0.1, 0.15) is 19.8 Å². The first kappa shape index (κ1) is 15.4. The molecule has 0 aliphatic carbocycles. The average Bonchev–Trinajstić information content (AvgIpc) is 2.70. The van der Waals surface area contributed by atoms with Gasteiger partial charge in [-0.05, 0) is 26.3 Å². The van der Waals surface area contributed by atoms with Crippen LogP contribution in [0.5, 0.6) is 0 Å². The zero-order valence-electron chi connectivity index (χ0n) is 10.9. The summed E-state index contributed by atoms with van der Waals surface area (Å²) in [5, 5.41) is 0. The highest BCUT2D eigenvalue weighted by Crippen LogP contribution is 2.31. The molecule has 1 rings (SSSR count). The third-order valence-corrected chi connectivity index (χ3v) is 5.37. The molecule has 106 valence electrons. The molecule has 0 radical (unpaired) electrons. The second-order valence-electron chi connectivity index (χ2n) is 4.98. The van der Waals surface area contributed by atoms with Crippen LogP contribution >= 0.6 is 0 Å². The van der Waals surface area contributed by atoms with Crippen molar-refractivity contribution < 1.29 is 13.2 Å². The largest absolute Gasteiger partial charge is 0.369 e. The van der Waals surface area contributed by atoms with Crippen LogP contribution in [0.15, 0.2) is 0 Å². The van der Waals surface area contributed by atoms with E-state index in [-0.39, 0.29) is 6.54 Å². The molecule has 1 atom stereocenters. The summed E-state index contributed by atoms with van der Waals surface area (Å²) in [5.41, 5.74) is 9.90. The van der Waals surface area contributed by atoms with E-state index in [1.165, 1.54) is 15.7 Å². The number of carbonyl (C=O) groups excluding carboxylic acids is 1. The summed E-state index contributed by atoms with van der Waals surface area (Å²) < 4.78 is 27.0. The SMILES string of the molecule is CN(CCCN)S(=O)(=O)N1CCC(C)(C(N)=O)C1. The zero-order valence-corrected chi connectivity index (χ0v) is 11.7. The van der Waals surface area contributed by atoms with Crippen LogP contribution in [0, 0.1) is 5.41 Å². The molecular formula is C10H22N4O3S. The topological polar surface area (TPSA) is 110 Å². The maximum Gasteiger partial charge on any atom is 0.281 e. The van der Waals surface area contributed by atoms with Gasteiger partial charge in [-0.15, -0.1) is 0 Å². The highest BCUT2D eigenvalue weighted by atomic mass is 32.2. The van der Waals surface area contributed by atoms with E-state index >= 15 is 0 Å². The Hall–Kier alpha value is -0.700. The molecule has 7 nitrogen and oxygen atoms in total. The number of carbonyl (C=O) groups is 1. The summed E-state index contributed by atoms with van der Waals surface area (Å²) in [6.07, 6.45) is 1.07. The number of nitrogens with two attached hydrogens (primary N) is 2. The molecule has 0 spiro atoms. The first-order valence-electron chi connectivity index (χ1n) is 5.95. The lowest BCUT2D eigenvalue weighted by atomic mass is 9.89. The maximum absolute atomic E-state index is 12.2. The number of rotatable bonds is 6. The van der Waals surface area contributed by atoms with Crippen molar-refractivity contribution in [1.29, 1.82) is 0 Å². The second kappa shape index (κ2) is 5.52. The third kappa shape index (κ3) is 3.00. The summed E-state index contributed by atoms with van der Waals surface area (Å²) in [4.78, 5) is 11.3. The highest BCUT2D eigenvalue weighted by molar-refractivity contribution is 7.86. The molecule has 1 fully saturated rings. The monoisotopic (exact) mass is 278 g/mol. The third-order valence-electron chi connectivity index (χ3n) is 3.43. The summed E-state index contributed by atoms with van der Waals surface area (Å²) in [7, 11) is -1.99. The van der Waals surface area contributed by atoms with Gasteiger partial charge in [-0.3, -0.25) is 4.79 Å². The average molecular weight is 278 g/mol. The van der Waals surface area contributed by atoms with Gasteiger partial charge in [-0.1, -0.05) is 0 Å². The van der Waals surface area contributed by atoms with E-state index < -0.39 is 21.5 Å². The lowest BCUT2D eigenvalue weighted by Crippen LogP contribution is -2.44. The van der Waals surface area contributed by atoms with Gasteiger partial charge in [0.2, 0.25) is 5.91 Å². The maximum atomic E-state index is 12.2. The van der Waals surface area contributed by atoms with E-state index in [1.54, 1.807) is 6.92 Å². The van der Waals surface area contributed by atoms with Crippen molar-refractivity contribution in [3.8, 4) is 0 Å². The number of amides is 1. The molecule has 0 bridgehead atoms. The van der Waals surface area contributed by atoms with E-state index in [4.69, 9.17) is 11.5 Å². The molecule has 0 aromatic carbocycles. The Labute approximate surface area is 108 Å². The number of hydrogen-bond acceptors (Lipinski definition) is 4. The molecule has 1 aliphatic rings. The van der Waals surface area contributed by atoms with Gasteiger partial charge in [0.15, 0.2) is 0 Å². The molecule has 4 N–H and O–H groups in total. The molecule has 18 heavy (non-hydrogen) atoms. The van der Waals surface area contributed by atoms with Gasteiger partial charge in [0, 0.05) is 26.7 Å². The molecule has 1 aliphatic heterocycles. The van der Waals surface area contributed by atoms with Gasteiger partial charge in [0.1, 0.15) is 0 Å². The van der Waals surface area contributed by atoms with Crippen molar-refractivity contribution >= 4 is 16.1 Å². The van der Waals surface area contributed by atoms with Crippen LogP contribution in [0.2, 0.25) is 0 Å². The van der Waals surface area contributed by atoms with Gasteiger partial charge in [0.25, 0.3) is 10.2 Å². The Balaban J connectivity index is 2.74. The number of primary amides is 1. The Morgan fingerprint density at radius 1 is 1.50 bits per heavy atom. The van der Waals surface area contributed by atoms with Gasteiger partial charge in [-0.25, -0.2) is 0 Å². The van der Waals surface area contributed by atoms with E-state index in [1.807, 2.05) is 0 Å². The van der Waals surface area contributed by atoms with Crippen LogP contribution < -0.4 is 11.5 Å². The first-order chi connectivity index (χ1) is 8.24. The predicted octanol–water partition coefficient (Wildman–Crippen LogP) is -1.29. The smallest absolute Gasteiger partial charge is 0.281 e. The Bertz CT molecular complexity index is 411. The summed E-state index contributed by atoms with van der Waals surface area (Å²) in [6, 6.07) is 0. The molecule has 1 heterocycles. The summed E-state index contributed by atoms with van der Waals surface area (Å²) >= 11 is 0. The van der Waals surface area contributed by atoms with Gasteiger partial charge >= 0.3 is 0 Å². The van der Waals surface area contributed by atoms with Gasteiger partial charge in [-0.2, -0.15) is 17.0 Å². The minimum Gasteiger partial charge on any atom is -0.369 e. The molecule has 8 heteroatoms. The highest BCUT2D eigenvalue weighted by Gasteiger charge is 2.44. The minimum absolute atomic E-state index is 0.150. The number of hydrogen-bond donors (Lipinski definition) is 2. The van der Waals surface area contributed by atoms with Crippen molar-refractivity contribution in [1.82, 2.24) is 8.61 Å². The van der Waals surface area contributed by atoms with Crippen molar-refractivity contribution in [2.75, 3.05) is 33.2 Å². The van der Waals surface area contributed by atoms with Crippen LogP contribution in [-0.4, -0.2) is 56.2 Å². The summed E-state index contributed by atoms with van der Waals surface area (Å²) in [6.45, 7) is 3.00. The quantitative estimate of drug-likeness (QED) is 0.630. The second-order valence-corrected chi connectivity index (χ2v) is 7.02. The molecule has 0 aromatic heterocycles. The fraction of sp³-hybridized carbons (Fsp3) is 0.900. The summed E-state index contributed by atoms with van der Waals surface area (Å²) in [5.74, 6) is -0.454. The van der Waals surface area contributed by atoms with Crippen molar-refractivity contribution in [2.45, 2.75) is 19.8 Å². The zero-order chi connectivity index (χ0) is 14.0.